The Morgan fingerprint density at radius 3 is 2.60 bits per heavy atom. The number of aromatic nitrogens is 4. The van der Waals surface area contributed by atoms with Crippen LogP contribution in [0.15, 0.2) is 35.7 Å². The van der Waals surface area contributed by atoms with E-state index >= 15 is 0 Å². The van der Waals surface area contributed by atoms with Crippen LogP contribution in [0, 0.1) is 6.92 Å². The smallest absolute Gasteiger partial charge is 0.240 e. The van der Waals surface area contributed by atoms with E-state index in [4.69, 9.17) is 5.73 Å². The van der Waals surface area contributed by atoms with Crippen LogP contribution in [-0.2, 0) is 0 Å². The maximum absolute atomic E-state index is 5.64. The Hall–Kier alpha value is -2.54. The van der Waals surface area contributed by atoms with Gasteiger partial charge in [-0.05, 0) is 6.92 Å². The second-order valence-electron chi connectivity index (χ2n) is 4.15. The average molecular weight is 284 g/mol. The van der Waals surface area contributed by atoms with Gasteiger partial charge in [-0.2, -0.15) is 0 Å². The van der Waals surface area contributed by atoms with E-state index < -0.39 is 0 Å². The number of nitrogens with two attached hydrogens (primary N) is 1. The van der Waals surface area contributed by atoms with Gasteiger partial charge >= 0.3 is 0 Å². The molecule has 0 radical (unpaired) electrons. The highest BCUT2D eigenvalue weighted by Crippen LogP contribution is 2.27. The SMILES string of the molecule is Cc1csc(Nc2nnc(N)nc2-c2ccccc2)n1. The molecule has 100 valence electrons. The van der Waals surface area contributed by atoms with Crippen molar-refractivity contribution in [3.63, 3.8) is 0 Å². The first-order chi connectivity index (χ1) is 9.72. The van der Waals surface area contributed by atoms with Gasteiger partial charge in [0.2, 0.25) is 5.95 Å². The van der Waals surface area contributed by atoms with Gasteiger partial charge in [-0.15, -0.1) is 21.5 Å². The molecule has 0 unspecified atom stereocenters. The number of aryl methyl sites for hydroxylation is 1. The van der Waals surface area contributed by atoms with Crippen LogP contribution >= 0.6 is 11.3 Å². The predicted molar refractivity (Wildman–Crippen MR) is 79.8 cm³/mol. The second kappa shape index (κ2) is 5.22. The molecule has 0 fully saturated rings. The summed E-state index contributed by atoms with van der Waals surface area (Å²) in [6, 6.07) is 9.71. The van der Waals surface area contributed by atoms with E-state index in [0.717, 1.165) is 16.4 Å². The quantitative estimate of drug-likeness (QED) is 0.768. The molecule has 2 aromatic heterocycles. The Morgan fingerprint density at radius 2 is 1.90 bits per heavy atom. The number of nitrogens with zero attached hydrogens (tertiary/aromatic N) is 4. The Morgan fingerprint density at radius 1 is 1.10 bits per heavy atom. The third-order valence-electron chi connectivity index (χ3n) is 2.59. The second-order valence-corrected chi connectivity index (χ2v) is 5.01. The third kappa shape index (κ3) is 2.57. The van der Waals surface area contributed by atoms with Crippen molar-refractivity contribution in [3.05, 3.63) is 41.4 Å². The van der Waals surface area contributed by atoms with Gasteiger partial charge in [-0.3, -0.25) is 0 Å². The number of hydrogen-bond acceptors (Lipinski definition) is 7. The van der Waals surface area contributed by atoms with Gasteiger partial charge in [0.05, 0.1) is 5.69 Å². The summed E-state index contributed by atoms with van der Waals surface area (Å²) in [4.78, 5) is 8.61. The van der Waals surface area contributed by atoms with E-state index in [0.29, 0.717) is 11.5 Å². The summed E-state index contributed by atoms with van der Waals surface area (Å²) in [6.07, 6.45) is 0. The molecule has 0 saturated carbocycles. The van der Waals surface area contributed by atoms with Gasteiger partial charge in [-0.25, -0.2) is 9.97 Å². The molecule has 0 aliphatic rings. The Bertz CT molecular complexity index is 725. The minimum absolute atomic E-state index is 0.143. The summed E-state index contributed by atoms with van der Waals surface area (Å²) < 4.78 is 0. The van der Waals surface area contributed by atoms with Crippen molar-refractivity contribution in [1.29, 1.82) is 0 Å². The molecule has 0 aliphatic heterocycles. The zero-order valence-electron chi connectivity index (χ0n) is 10.7. The third-order valence-corrected chi connectivity index (χ3v) is 3.47. The van der Waals surface area contributed by atoms with Gasteiger partial charge in [0.15, 0.2) is 10.9 Å². The van der Waals surface area contributed by atoms with Crippen molar-refractivity contribution < 1.29 is 0 Å². The standard InChI is InChI=1S/C13H12N6S/c1-8-7-20-13(15-8)17-11-10(16-12(14)19-18-11)9-5-3-2-4-6-9/h2-7H,1H3,(H2,14,16,19)(H,15,17,18). The van der Waals surface area contributed by atoms with Crippen LogP contribution in [0.4, 0.5) is 16.9 Å². The van der Waals surface area contributed by atoms with Crippen LogP contribution in [0.1, 0.15) is 5.69 Å². The molecule has 0 bridgehead atoms. The van der Waals surface area contributed by atoms with Crippen LogP contribution < -0.4 is 11.1 Å². The van der Waals surface area contributed by atoms with Crippen LogP contribution in [-0.4, -0.2) is 20.2 Å². The topological polar surface area (TPSA) is 89.6 Å². The van der Waals surface area contributed by atoms with Crippen LogP contribution in [0.2, 0.25) is 0 Å². The van der Waals surface area contributed by atoms with E-state index in [-0.39, 0.29) is 5.95 Å². The van der Waals surface area contributed by atoms with Gasteiger partial charge in [0.25, 0.3) is 0 Å². The molecule has 20 heavy (non-hydrogen) atoms. The molecule has 3 rings (SSSR count). The summed E-state index contributed by atoms with van der Waals surface area (Å²) >= 11 is 1.50. The summed E-state index contributed by atoms with van der Waals surface area (Å²) in [6.45, 7) is 1.94. The lowest BCUT2D eigenvalue weighted by Crippen LogP contribution is -2.04. The molecule has 2 heterocycles. The van der Waals surface area contributed by atoms with Crippen LogP contribution in [0.5, 0.6) is 0 Å². The molecule has 0 atom stereocenters. The number of nitrogens with one attached hydrogen (secondary N) is 1. The lowest BCUT2D eigenvalue weighted by Gasteiger charge is -2.07. The van der Waals surface area contributed by atoms with Crippen molar-refractivity contribution >= 4 is 28.2 Å². The highest BCUT2D eigenvalue weighted by molar-refractivity contribution is 7.13. The first-order valence-electron chi connectivity index (χ1n) is 5.97. The normalized spacial score (nSPS) is 10.4. The molecule has 0 spiro atoms. The fraction of sp³-hybridized carbons (Fsp3) is 0.0769. The lowest BCUT2D eigenvalue weighted by atomic mass is 10.1. The minimum Gasteiger partial charge on any atom is -0.366 e. The van der Waals surface area contributed by atoms with Gasteiger partial charge in [0, 0.05) is 10.9 Å². The fourth-order valence-corrected chi connectivity index (χ4v) is 2.42. The van der Waals surface area contributed by atoms with Crippen molar-refractivity contribution in [3.8, 4) is 11.3 Å². The number of rotatable bonds is 3. The summed E-state index contributed by atoms with van der Waals surface area (Å²) in [5, 5.41) is 13.7. The fourth-order valence-electron chi connectivity index (χ4n) is 1.73. The lowest BCUT2D eigenvalue weighted by molar-refractivity contribution is 0.995. The maximum atomic E-state index is 5.64. The summed E-state index contributed by atoms with van der Waals surface area (Å²) in [5.74, 6) is 0.685. The molecule has 3 aromatic rings. The molecule has 6 nitrogen and oxygen atoms in total. The Labute approximate surface area is 119 Å². The van der Waals surface area contributed by atoms with Crippen LogP contribution in [0.25, 0.3) is 11.3 Å². The zero-order chi connectivity index (χ0) is 13.9. The van der Waals surface area contributed by atoms with Crippen molar-refractivity contribution in [2.75, 3.05) is 11.1 Å². The van der Waals surface area contributed by atoms with Crippen LogP contribution in [0.3, 0.4) is 0 Å². The number of thiazole rings is 1. The first-order valence-corrected chi connectivity index (χ1v) is 6.85. The van der Waals surface area contributed by atoms with Crippen molar-refractivity contribution in [2.45, 2.75) is 6.92 Å². The molecule has 0 amide bonds. The van der Waals surface area contributed by atoms with Gasteiger partial charge in [0.1, 0.15) is 5.69 Å². The number of benzene rings is 1. The van der Waals surface area contributed by atoms with E-state index in [2.05, 4.69) is 25.5 Å². The van der Waals surface area contributed by atoms with E-state index in [1.165, 1.54) is 11.3 Å². The zero-order valence-corrected chi connectivity index (χ0v) is 11.6. The van der Waals surface area contributed by atoms with E-state index in [9.17, 15) is 0 Å². The highest BCUT2D eigenvalue weighted by atomic mass is 32.1. The predicted octanol–water partition coefficient (Wildman–Crippen LogP) is 2.63. The molecular formula is C13H12N6S. The van der Waals surface area contributed by atoms with Crippen molar-refractivity contribution in [2.24, 2.45) is 0 Å². The van der Waals surface area contributed by atoms with Gasteiger partial charge in [-0.1, -0.05) is 30.3 Å². The van der Waals surface area contributed by atoms with Crippen molar-refractivity contribution in [1.82, 2.24) is 20.2 Å². The monoisotopic (exact) mass is 284 g/mol. The molecule has 7 heteroatoms. The highest BCUT2D eigenvalue weighted by Gasteiger charge is 2.11. The summed E-state index contributed by atoms with van der Waals surface area (Å²) in [7, 11) is 0. The minimum atomic E-state index is 0.143. The Balaban J connectivity index is 2.02. The first kappa shape index (κ1) is 12.5. The van der Waals surface area contributed by atoms with E-state index in [1.807, 2.05) is 42.6 Å². The molecule has 1 aromatic carbocycles. The number of anilines is 3. The maximum Gasteiger partial charge on any atom is 0.240 e. The molecular weight excluding hydrogens is 272 g/mol. The molecule has 0 saturated heterocycles. The van der Waals surface area contributed by atoms with E-state index in [1.54, 1.807) is 0 Å². The number of hydrogen-bond donors (Lipinski definition) is 2. The van der Waals surface area contributed by atoms with Gasteiger partial charge < -0.3 is 11.1 Å². The average Bonchev–Trinajstić information content (AvgIpc) is 2.87. The largest absolute Gasteiger partial charge is 0.366 e. The molecule has 0 aliphatic carbocycles. The summed E-state index contributed by atoms with van der Waals surface area (Å²) in [5.41, 5.74) is 8.17. The Kier molecular flexibility index (Phi) is 3.26. The number of nitrogen functional groups attached to an aromatic ring is 1. The molecule has 3 N–H and O–H groups in total.